The second-order valence-corrected chi connectivity index (χ2v) is 6.71. The molecule has 0 bridgehead atoms. The average Bonchev–Trinajstić information content (AvgIpc) is 2.38. The third-order valence-corrected chi connectivity index (χ3v) is 4.52. The number of carbonyl (C=O) groups excluding carboxylic acids is 1. The van der Waals surface area contributed by atoms with Crippen LogP contribution in [0.15, 0.2) is 29.2 Å². The Morgan fingerprint density at radius 2 is 1.81 bits per heavy atom. The van der Waals surface area contributed by atoms with Crippen LogP contribution in [0.3, 0.4) is 0 Å². The number of hydrogen-bond donors (Lipinski definition) is 2. The number of carbonyl (C=O) groups is 1. The highest BCUT2D eigenvalue weighted by atomic mass is 32.2. The van der Waals surface area contributed by atoms with Crippen molar-refractivity contribution in [2.45, 2.75) is 50.6 Å². The van der Waals surface area contributed by atoms with Crippen LogP contribution in [-0.2, 0) is 14.8 Å². The fraction of sp³-hybridized carbons (Fsp3) is 0.500. The van der Waals surface area contributed by atoms with Gasteiger partial charge in [0, 0.05) is 6.04 Å². The van der Waals surface area contributed by atoms with Crippen LogP contribution in [0, 0.1) is 5.82 Å². The van der Waals surface area contributed by atoms with Crippen LogP contribution in [0.1, 0.15) is 33.6 Å². The van der Waals surface area contributed by atoms with Crippen molar-refractivity contribution in [2.24, 2.45) is 0 Å². The van der Waals surface area contributed by atoms with E-state index in [1.54, 1.807) is 0 Å². The molecular formula is C14H21FN2O3S. The van der Waals surface area contributed by atoms with Gasteiger partial charge < -0.3 is 5.32 Å². The van der Waals surface area contributed by atoms with E-state index in [2.05, 4.69) is 10.0 Å². The molecule has 0 saturated carbocycles. The number of sulfonamides is 1. The van der Waals surface area contributed by atoms with E-state index in [4.69, 9.17) is 0 Å². The molecule has 2 atom stereocenters. The molecule has 1 amide bonds. The number of hydrogen-bond acceptors (Lipinski definition) is 3. The topological polar surface area (TPSA) is 75.3 Å². The minimum absolute atomic E-state index is 0.0136. The molecular weight excluding hydrogens is 295 g/mol. The summed E-state index contributed by atoms with van der Waals surface area (Å²) >= 11 is 0. The van der Waals surface area contributed by atoms with E-state index in [0.717, 1.165) is 37.1 Å². The lowest BCUT2D eigenvalue weighted by molar-refractivity contribution is -0.123. The van der Waals surface area contributed by atoms with Gasteiger partial charge in [-0.2, -0.15) is 4.72 Å². The summed E-state index contributed by atoms with van der Waals surface area (Å²) < 4.78 is 39.2. The van der Waals surface area contributed by atoms with Gasteiger partial charge in [0.2, 0.25) is 15.9 Å². The first-order valence-electron chi connectivity index (χ1n) is 6.84. The molecule has 2 N–H and O–H groups in total. The van der Waals surface area contributed by atoms with Gasteiger partial charge in [0.1, 0.15) is 5.82 Å². The Bertz CT molecular complexity index is 572. The van der Waals surface area contributed by atoms with E-state index in [0.29, 0.717) is 0 Å². The number of nitrogens with one attached hydrogen (secondary N) is 2. The lowest BCUT2D eigenvalue weighted by Gasteiger charge is -2.18. The zero-order chi connectivity index (χ0) is 16.0. The molecule has 0 aliphatic carbocycles. The van der Waals surface area contributed by atoms with E-state index >= 15 is 0 Å². The number of amides is 1. The number of rotatable bonds is 7. The van der Waals surface area contributed by atoms with Crippen LogP contribution in [-0.4, -0.2) is 26.4 Å². The number of halogens is 1. The van der Waals surface area contributed by atoms with Crippen molar-refractivity contribution in [3.8, 4) is 0 Å². The summed E-state index contributed by atoms with van der Waals surface area (Å²) in [6.07, 6.45) is 1.75. The Labute approximate surface area is 125 Å². The Balaban J connectivity index is 2.70. The van der Waals surface area contributed by atoms with Crippen LogP contribution in [0.25, 0.3) is 0 Å². The van der Waals surface area contributed by atoms with Crippen molar-refractivity contribution in [1.82, 2.24) is 10.0 Å². The standard InChI is InChI=1S/C14H21FN2O3S/c1-4-5-10(2)16-14(18)11(3)17-21(19,20)13-8-6-12(15)7-9-13/h6-11,17H,4-5H2,1-3H3,(H,16,18)/t10-,11+/m1/s1. The van der Waals surface area contributed by atoms with Crippen molar-refractivity contribution in [3.63, 3.8) is 0 Å². The second kappa shape index (κ2) is 7.51. The van der Waals surface area contributed by atoms with E-state index in [-0.39, 0.29) is 16.8 Å². The van der Waals surface area contributed by atoms with E-state index in [9.17, 15) is 17.6 Å². The minimum Gasteiger partial charge on any atom is -0.352 e. The molecule has 7 heteroatoms. The van der Waals surface area contributed by atoms with Gasteiger partial charge in [0.15, 0.2) is 0 Å². The molecule has 0 radical (unpaired) electrons. The minimum atomic E-state index is -3.85. The van der Waals surface area contributed by atoms with Crippen LogP contribution in [0.4, 0.5) is 4.39 Å². The summed E-state index contributed by atoms with van der Waals surface area (Å²) in [6, 6.07) is 3.51. The molecule has 0 unspecified atom stereocenters. The zero-order valence-corrected chi connectivity index (χ0v) is 13.2. The molecule has 1 aromatic carbocycles. The first-order valence-corrected chi connectivity index (χ1v) is 8.33. The molecule has 0 saturated heterocycles. The Hall–Kier alpha value is -1.47. The summed E-state index contributed by atoms with van der Waals surface area (Å²) in [7, 11) is -3.85. The third-order valence-electron chi connectivity index (χ3n) is 2.96. The third kappa shape index (κ3) is 5.43. The summed E-state index contributed by atoms with van der Waals surface area (Å²) in [4.78, 5) is 11.8. The molecule has 21 heavy (non-hydrogen) atoms. The molecule has 1 aromatic rings. The Morgan fingerprint density at radius 3 is 2.33 bits per heavy atom. The molecule has 0 aliphatic heterocycles. The van der Waals surface area contributed by atoms with Gasteiger partial charge in [-0.05, 0) is 44.5 Å². The van der Waals surface area contributed by atoms with Gasteiger partial charge in [-0.3, -0.25) is 4.79 Å². The summed E-state index contributed by atoms with van der Waals surface area (Å²) in [6.45, 7) is 5.33. The molecule has 1 rings (SSSR count). The smallest absolute Gasteiger partial charge is 0.241 e. The Kier molecular flexibility index (Phi) is 6.29. The van der Waals surface area contributed by atoms with Gasteiger partial charge in [0.25, 0.3) is 0 Å². The van der Waals surface area contributed by atoms with Crippen LogP contribution in [0.5, 0.6) is 0 Å². The normalized spacial score (nSPS) is 14.5. The second-order valence-electron chi connectivity index (χ2n) is 5.00. The molecule has 0 aliphatic rings. The van der Waals surface area contributed by atoms with Crippen molar-refractivity contribution in [3.05, 3.63) is 30.1 Å². The highest BCUT2D eigenvalue weighted by molar-refractivity contribution is 7.89. The summed E-state index contributed by atoms with van der Waals surface area (Å²) in [5.41, 5.74) is 0. The first-order chi connectivity index (χ1) is 9.76. The fourth-order valence-electron chi connectivity index (χ4n) is 1.84. The van der Waals surface area contributed by atoms with Crippen LogP contribution >= 0.6 is 0 Å². The summed E-state index contributed by atoms with van der Waals surface area (Å²) in [5.74, 6) is -0.908. The molecule has 118 valence electrons. The lowest BCUT2D eigenvalue weighted by atomic mass is 10.2. The van der Waals surface area contributed by atoms with Gasteiger partial charge in [-0.25, -0.2) is 12.8 Å². The van der Waals surface area contributed by atoms with Gasteiger partial charge in [-0.15, -0.1) is 0 Å². The quantitative estimate of drug-likeness (QED) is 0.805. The van der Waals surface area contributed by atoms with Crippen molar-refractivity contribution < 1.29 is 17.6 Å². The molecule has 0 heterocycles. The first kappa shape index (κ1) is 17.6. The fourth-order valence-corrected chi connectivity index (χ4v) is 3.04. The van der Waals surface area contributed by atoms with Gasteiger partial charge in [-0.1, -0.05) is 13.3 Å². The molecule has 5 nitrogen and oxygen atoms in total. The highest BCUT2D eigenvalue weighted by Gasteiger charge is 2.22. The SMILES string of the molecule is CCC[C@@H](C)NC(=O)[C@H](C)NS(=O)(=O)c1ccc(F)cc1. The van der Waals surface area contributed by atoms with Gasteiger partial charge in [0.05, 0.1) is 10.9 Å². The monoisotopic (exact) mass is 316 g/mol. The lowest BCUT2D eigenvalue weighted by Crippen LogP contribution is -2.47. The van der Waals surface area contributed by atoms with Crippen molar-refractivity contribution in [2.75, 3.05) is 0 Å². The van der Waals surface area contributed by atoms with Crippen LogP contribution in [0.2, 0.25) is 0 Å². The molecule has 0 spiro atoms. The van der Waals surface area contributed by atoms with E-state index < -0.39 is 21.9 Å². The maximum atomic E-state index is 12.8. The van der Waals surface area contributed by atoms with Crippen LogP contribution < -0.4 is 10.0 Å². The zero-order valence-electron chi connectivity index (χ0n) is 12.4. The van der Waals surface area contributed by atoms with Crippen molar-refractivity contribution >= 4 is 15.9 Å². The maximum Gasteiger partial charge on any atom is 0.241 e. The van der Waals surface area contributed by atoms with E-state index in [1.165, 1.54) is 6.92 Å². The van der Waals surface area contributed by atoms with E-state index in [1.807, 2.05) is 13.8 Å². The Morgan fingerprint density at radius 1 is 1.24 bits per heavy atom. The highest BCUT2D eigenvalue weighted by Crippen LogP contribution is 2.10. The summed E-state index contributed by atoms with van der Waals surface area (Å²) in [5, 5.41) is 2.74. The molecule has 0 fully saturated rings. The average molecular weight is 316 g/mol. The predicted octanol–water partition coefficient (Wildman–Crippen LogP) is 1.80. The molecule has 0 aromatic heterocycles. The predicted molar refractivity (Wildman–Crippen MR) is 78.7 cm³/mol. The van der Waals surface area contributed by atoms with Gasteiger partial charge >= 0.3 is 0 Å². The van der Waals surface area contributed by atoms with Crippen molar-refractivity contribution in [1.29, 1.82) is 0 Å². The number of benzene rings is 1. The maximum absolute atomic E-state index is 12.8. The largest absolute Gasteiger partial charge is 0.352 e.